The molecule has 0 amide bonds. The first-order valence-electron chi connectivity index (χ1n) is 2.59. The van der Waals surface area contributed by atoms with Gasteiger partial charge in [0, 0.05) is 0 Å². The van der Waals surface area contributed by atoms with Gasteiger partial charge < -0.3 is 0 Å². The van der Waals surface area contributed by atoms with Crippen LogP contribution in [0.2, 0.25) is 6.32 Å². The lowest BCUT2D eigenvalue weighted by Crippen LogP contribution is -1.87. The van der Waals surface area contributed by atoms with Crippen molar-refractivity contribution < 1.29 is 0 Å². The molecule has 0 radical (unpaired) electrons. The molecule has 0 saturated heterocycles. The van der Waals surface area contributed by atoms with Crippen LogP contribution in [0.3, 0.4) is 0 Å². The zero-order chi connectivity index (χ0) is 5.70. The van der Waals surface area contributed by atoms with Crippen LogP contribution in [0.4, 0.5) is 0 Å². The maximum atomic E-state index is 4.22. The van der Waals surface area contributed by atoms with Crippen molar-refractivity contribution in [2.75, 3.05) is 0 Å². The van der Waals surface area contributed by atoms with Gasteiger partial charge in [0.05, 0.1) is 0 Å². The second kappa shape index (κ2) is 5.28. The van der Waals surface area contributed by atoms with Crippen LogP contribution in [0.15, 0.2) is 0 Å². The van der Waals surface area contributed by atoms with Gasteiger partial charge in [-0.3, -0.25) is 0 Å². The molecule has 0 unspecified atom stereocenters. The predicted molar refractivity (Wildman–Crippen MR) is 48.5 cm³/mol. The molecule has 0 aliphatic carbocycles. The normalized spacial score (nSPS) is 9.00. The summed E-state index contributed by atoms with van der Waals surface area (Å²) in [7, 11) is 0. The molecular weight excluding hydrogens is 218 g/mol. The number of unbranched alkanes of at least 4 members (excludes halogenated alkanes) is 1. The molecule has 0 aromatic rings. The SMILES string of the molecule is CCCCB(S)I. The molecule has 0 fully saturated rings. The molecule has 0 nitrogen and oxygen atoms in total. The maximum Gasteiger partial charge on any atom is 0.278 e. The molecule has 0 aliphatic rings. The molecule has 0 aromatic carbocycles. The fourth-order valence-corrected chi connectivity index (χ4v) is 0.996. The molecule has 0 spiro atoms. The Labute approximate surface area is 64.7 Å². The van der Waals surface area contributed by atoms with Gasteiger partial charge in [0.25, 0.3) is 3.85 Å². The lowest BCUT2D eigenvalue weighted by molar-refractivity contribution is 0.882. The van der Waals surface area contributed by atoms with E-state index in [1.54, 1.807) is 0 Å². The number of hydrogen-bond acceptors (Lipinski definition) is 1. The van der Waals surface area contributed by atoms with Crippen molar-refractivity contribution in [1.29, 1.82) is 0 Å². The Balaban J connectivity index is 2.68. The number of rotatable bonds is 3. The van der Waals surface area contributed by atoms with Gasteiger partial charge in [-0.25, -0.2) is 12.5 Å². The van der Waals surface area contributed by atoms with E-state index in [0.717, 1.165) is 0 Å². The third-order valence-corrected chi connectivity index (χ3v) is 1.68. The van der Waals surface area contributed by atoms with Crippen LogP contribution in [-0.4, -0.2) is 3.85 Å². The second-order valence-electron chi connectivity index (χ2n) is 1.58. The van der Waals surface area contributed by atoms with Gasteiger partial charge in [0.2, 0.25) is 0 Å². The highest BCUT2D eigenvalue weighted by Gasteiger charge is 1.98. The summed E-state index contributed by atoms with van der Waals surface area (Å²) >= 11 is 6.55. The van der Waals surface area contributed by atoms with Crippen molar-refractivity contribution in [3.8, 4) is 0 Å². The highest BCUT2D eigenvalue weighted by atomic mass is 127. The monoisotopic (exact) mass is 228 g/mol. The zero-order valence-corrected chi connectivity index (χ0v) is 7.58. The molecule has 42 valence electrons. The van der Waals surface area contributed by atoms with Crippen LogP contribution in [0.1, 0.15) is 19.8 Å². The fraction of sp³-hybridized carbons (Fsp3) is 1.00. The lowest BCUT2D eigenvalue weighted by Gasteiger charge is -1.92. The first-order valence-corrected chi connectivity index (χ1v) is 4.35. The van der Waals surface area contributed by atoms with Crippen LogP contribution in [0, 0.1) is 0 Å². The summed E-state index contributed by atoms with van der Waals surface area (Å²) in [5, 5.41) is 0. The molecule has 3 heteroatoms. The average Bonchev–Trinajstić information content (AvgIpc) is 1.61. The van der Waals surface area contributed by atoms with E-state index in [0.29, 0.717) is 3.85 Å². The summed E-state index contributed by atoms with van der Waals surface area (Å²) < 4.78 is 0.567. The van der Waals surface area contributed by atoms with Crippen LogP contribution >= 0.6 is 34.9 Å². The molecule has 0 bridgehead atoms. The van der Waals surface area contributed by atoms with Crippen LogP contribution in [0.5, 0.6) is 0 Å². The number of hydrogen-bond donors (Lipinski definition) is 1. The first kappa shape index (κ1) is 8.14. The van der Waals surface area contributed by atoms with Gasteiger partial charge >= 0.3 is 0 Å². The Morgan fingerprint density at radius 3 is 2.43 bits per heavy atom. The molecule has 7 heavy (non-hydrogen) atoms. The van der Waals surface area contributed by atoms with E-state index >= 15 is 0 Å². The summed E-state index contributed by atoms with van der Waals surface area (Å²) in [6.07, 6.45) is 3.86. The first-order chi connectivity index (χ1) is 3.27. The summed E-state index contributed by atoms with van der Waals surface area (Å²) in [5.74, 6) is 0. The molecular formula is C4H10BIS. The van der Waals surface area contributed by atoms with E-state index in [2.05, 4.69) is 41.8 Å². The summed E-state index contributed by atoms with van der Waals surface area (Å²) in [6, 6.07) is 0. The minimum absolute atomic E-state index is 0.567. The molecule has 0 aliphatic heterocycles. The second-order valence-corrected chi connectivity index (χ2v) is 4.69. The molecule has 0 aromatic heterocycles. The lowest BCUT2D eigenvalue weighted by atomic mass is 9.99. The van der Waals surface area contributed by atoms with Gasteiger partial charge in [-0.05, 0) is 0 Å². The smallest absolute Gasteiger partial charge is 0.213 e. The van der Waals surface area contributed by atoms with Crippen LogP contribution in [-0.2, 0) is 0 Å². The Hall–Kier alpha value is 1.14. The third-order valence-electron chi connectivity index (χ3n) is 0.796. The summed E-state index contributed by atoms with van der Waals surface area (Å²) in [4.78, 5) is 0. The number of thiol groups is 1. The van der Waals surface area contributed by atoms with E-state index in [1.807, 2.05) is 0 Å². The highest BCUT2D eigenvalue weighted by molar-refractivity contribution is 14.1. The standard InChI is InChI=1S/C4H10BIS/c1-2-3-4-5(6)7/h7H,2-4H2,1H3. The predicted octanol–water partition coefficient (Wildman–Crippen LogP) is 2.64. The van der Waals surface area contributed by atoms with E-state index in [1.165, 1.54) is 19.2 Å². The molecule has 0 atom stereocenters. The molecule has 0 saturated carbocycles. The van der Waals surface area contributed by atoms with Crippen molar-refractivity contribution in [3.63, 3.8) is 0 Å². The van der Waals surface area contributed by atoms with Gasteiger partial charge in [0.15, 0.2) is 0 Å². The molecule has 0 heterocycles. The number of halogens is 1. The minimum Gasteiger partial charge on any atom is -0.213 e. The van der Waals surface area contributed by atoms with Gasteiger partial charge in [-0.15, -0.1) is 22.4 Å². The van der Waals surface area contributed by atoms with Crippen molar-refractivity contribution in [2.45, 2.75) is 26.1 Å². The Morgan fingerprint density at radius 1 is 1.71 bits per heavy atom. The molecule has 0 N–H and O–H groups in total. The van der Waals surface area contributed by atoms with Crippen molar-refractivity contribution >= 4 is 38.7 Å². The quantitative estimate of drug-likeness (QED) is 0.428. The van der Waals surface area contributed by atoms with Gasteiger partial charge in [-0.1, -0.05) is 26.1 Å². The topological polar surface area (TPSA) is 0 Å². The van der Waals surface area contributed by atoms with E-state index in [4.69, 9.17) is 0 Å². The summed E-state index contributed by atoms with van der Waals surface area (Å²) in [6.45, 7) is 2.20. The third kappa shape index (κ3) is 7.14. The van der Waals surface area contributed by atoms with Crippen LogP contribution in [0.25, 0.3) is 0 Å². The fourth-order valence-electron chi connectivity index (χ4n) is 0.373. The van der Waals surface area contributed by atoms with E-state index in [9.17, 15) is 0 Å². The summed E-state index contributed by atoms with van der Waals surface area (Å²) in [5.41, 5.74) is 0. The van der Waals surface area contributed by atoms with Crippen molar-refractivity contribution in [1.82, 2.24) is 0 Å². The maximum absolute atomic E-state index is 4.22. The largest absolute Gasteiger partial charge is 0.278 e. The van der Waals surface area contributed by atoms with Gasteiger partial charge in [0.1, 0.15) is 0 Å². The highest BCUT2D eigenvalue weighted by Crippen LogP contribution is 2.09. The Morgan fingerprint density at radius 2 is 2.29 bits per heavy atom. The van der Waals surface area contributed by atoms with Crippen molar-refractivity contribution in [2.24, 2.45) is 0 Å². The Bertz CT molecular complexity index is 40.7. The minimum atomic E-state index is 0.567. The average molecular weight is 228 g/mol. The van der Waals surface area contributed by atoms with Crippen molar-refractivity contribution in [3.05, 3.63) is 0 Å². The van der Waals surface area contributed by atoms with Gasteiger partial charge in [-0.2, -0.15) is 0 Å². The van der Waals surface area contributed by atoms with E-state index in [-0.39, 0.29) is 0 Å². The molecule has 0 rings (SSSR count). The van der Waals surface area contributed by atoms with E-state index < -0.39 is 0 Å². The van der Waals surface area contributed by atoms with Crippen LogP contribution < -0.4 is 0 Å². The Kier molecular flexibility index (Phi) is 6.15. The zero-order valence-electron chi connectivity index (χ0n) is 4.52.